The van der Waals surface area contributed by atoms with Gasteiger partial charge in [0.25, 0.3) is 0 Å². The van der Waals surface area contributed by atoms with E-state index in [4.69, 9.17) is 4.99 Å². The van der Waals surface area contributed by atoms with Gasteiger partial charge in [-0.3, -0.25) is 4.99 Å². The fraction of sp³-hybridized carbons (Fsp3) is 0.824. The van der Waals surface area contributed by atoms with E-state index in [2.05, 4.69) is 16.8 Å². The molecule has 3 aliphatic rings. The summed E-state index contributed by atoms with van der Waals surface area (Å²) in [6.45, 7) is 7.28. The van der Waals surface area contributed by atoms with Crippen molar-refractivity contribution in [2.24, 2.45) is 22.7 Å². The Balaban J connectivity index is 1.63. The van der Waals surface area contributed by atoms with Crippen LogP contribution in [0.5, 0.6) is 0 Å². The van der Waals surface area contributed by atoms with Crippen molar-refractivity contribution >= 4 is 15.8 Å². The molecule has 0 aromatic carbocycles. The van der Waals surface area contributed by atoms with Gasteiger partial charge in [0.1, 0.15) is 0 Å². The molecule has 23 heavy (non-hydrogen) atoms. The topological polar surface area (TPSA) is 61.8 Å². The lowest BCUT2D eigenvalue weighted by molar-refractivity contribution is 0.299. The first-order valence-electron chi connectivity index (χ1n) is 8.92. The van der Waals surface area contributed by atoms with E-state index in [1.54, 1.807) is 0 Å². The van der Waals surface area contributed by atoms with Gasteiger partial charge in [-0.05, 0) is 37.0 Å². The first-order chi connectivity index (χ1) is 11.1. The number of sulfone groups is 1. The lowest BCUT2D eigenvalue weighted by Gasteiger charge is -2.22. The van der Waals surface area contributed by atoms with Gasteiger partial charge in [-0.15, -0.1) is 6.58 Å². The normalized spacial score (nSPS) is 33.5. The molecular weight excluding hydrogens is 310 g/mol. The molecular formula is C17H29N3O2S. The van der Waals surface area contributed by atoms with Gasteiger partial charge >= 0.3 is 0 Å². The molecule has 2 saturated heterocycles. The Bertz CT molecular complexity index is 544. The molecule has 1 saturated carbocycles. The highest BCUT2D eigenvalue weighted by atomic mass is 32.2. The second-order valence-corrected chi connectivity index (χ2v) is 9.54. The Kier molecular flexibility index (Phi) is 5.29. The highest BCUT2D eigenvalue weighted by Gasteiger charge is 2.36. The van der Waals surface area contributed by atoms with Crippen LogP contribution in [0.2, 0.25) is 0 Å². The fourth-order valence-electron chi connectivity index (χ4n) is 4.24. The van der Waals surface area contributed by atoms with E-state index in [1.807, 2.05) is 6.08 Å². The van der Waals surface area contributed by atoms with Crippen LogP contribution in [0.3, 0.4) is 0 Å². The van der Waals surface area contributed by atoms with Crippen LogP contribution in [-0.4, -0.2) is 57.0 Å². The molecule has 6 heteroatoms. The number of nitrogens with one attached hydrogen (secondary N) is 1. The molecule has 5 nitrogen and oxygen atoms in total. The number of rotatable bonds is 4. The van der Waals surface area contributed by atoms with Crippen LogP contribution in [0.25, 0.3) is 0 Å². The smallest absolute Gasteiger partial charge is 0.194 e. The SMILES string of the molecule is C=CCNC(=NCC1CCS(=O)(=O)C1)N1CC2CCCCC2C1. The number of fused-ring (bicyclic) bond motifs is 1. The molecule has 3 unspecified atom stereocenters. The summed E-state index contributed by atoms with van der Waals surface area (Å²) < 4.78 is 23.2. The molecule has 1 N–H and O–H groups in total. The minimum Gasteiger partial charge on any atom is -0.353 e. The standard InChI is InChI=1S/C17H29N3O2S/c1-2-8-18-17(19-10-14-7-9-23(21,22)13-14)20-11-15-5-3-4-6-16(15)12-20/h2,14-16H,1,3-13H2,(H,18,19). The molecule has 2 aliphatic heterocycles. The van der Waals surface area contributed by atoms with Gasteiger partial charge in [0, 0.05) is 26.2 Å². The molecule has 130 valence electrons. The lowest BCUT2D eigenvalue weighted by Crippen LogP contribution is -2.40. The van der Waals surface area contributed by atoms with Crippen molar-refractivity contribution in [1.82, 2.24) is 10.2 Å². The maximum atomic E-state index is 11.6. The van der Waals surface area contributed by atoms with E-state index in [0.29, 0.717) is 24.6 Å². The Labute approximate surface area is 140 Å². The number of hydrogen-bond acceptors (Lipinski definition) is 3. The maximum absolute atomic E-state index is 11.6. The van der Waals surface area contributed by atoms with Crippen molar-refractivity contribution in [2.75, 3.05) is 37.7 Å². The largest absolute Gasteiger partial charge is 0.353 e. The van der Waals surface area contributed by atoms with Crippen LogP contribution in [0.15, 0.2) is 17.6 Å². The summed E-state index contributed by atoms with van der Waals surface area (Å²) in [6.07, 6.45) is 8.01. The van der Waals surface area contributed by atoms with E-state index in [0.717, 1.165) is 37.3 Å². The Hall–Kier alpha value is -1.04. The summed E-state index contributed by atoms with van der Waals surface area (Å²) in [5.41, 5.74) is 0. The third kappa shape index (κ3) is 4.28. The molecule has 2 heterocycles. The molecule has 0 spiro atoms. The molecule has 0 aromatic heterocycles. The number of hydrogen-bond donors (Lipinski definition) is 1. The van der Waals surface area contributed by atoms with Gasteiger partial charge in [0.2, 0.25) is 0 Å². The molecule has 1 aliphatic carbocycles. The van der Waals surface area contributed by atoms with Gasteiger partial charge in [0.05, 0.1) is 11.5 Å². The highest BCUT2D eigenvalue weighted by molar-refractivity contribution is 7.91. The number of guanidine groups is 1. The van der Waals surface area contributed by atoms with E-state index in [1.165, 1.54) is 25.7 Å². The Morgan fingerprint density at radius 1 is 1.22 bits per heavy atom. The lowest BCUT2D eigenvalue weighted by atomic mass is 9.82. The Morgan fingerprint density at radius 3 is 2.48 bits per heavy atom. The van der Waals surface area contributed by atoms with Crippen molar-refractivity contribution in [3.63, 3.8) is 0 Å². The second kappa shape index (κ2) is 7.24. The van der Waals surface area contributed by atoms with Crippen LogP contribution in [0.4, 0.5) is 0 Å². The zero-order valence-electron chi connectivity index (χ0n) is 13.9. The first-order valence-corrected chi connectivity index (χ1v) is 10.7. The van der Waals surface area contributed by atoms with Crippen LogP contribution in [0.1, 0.15) is 32.1 Å². The van der Waals surface area contributed by atoms with E-state index in [-0.39, 0.29) is 5.92 Å². The number of nitrogens with zero attached hydrogens (tertiary/aromatic N) is 2. The molecule has 3 fully saturated rings. The van der Waals surface area contributed by atoms with E-state index >= 15 is 0 Å². The number of aliphatic imine (C=N–C) groups is 1. The van der Waals surface area contributed by atoms with Crippen LogP contribution >= 0.6 is 0 Å². The summed E-state index contributed by atoms with van der Waals surface area (Å²) in [5, 5.41) is 3.37. The van der Waals surface area contributed by atoms with E-state index in [9.17, 15) is 8.42 Å². The van der Waals surface area contributed by atoms with Crippen LogP contribution in [0, 0.1) is 17.8 Å². The van der Waals surface area contributed by atoms with Gasteiger partial charge in [0.15, 0.2) is 15.8 Å². The summed E-state index contributed by atoms with van der Waals surface area (Å²) in [7, 11) is -2.82. The van der Waals surface area contributed by atoms with Gasteiger partial charge in [-0.1, -0.05) is 18.9 Å². The minimum absolute atomic E-state index is 0.186. The average molecular weight is 340 g/mol. The number of likely N-dealkylation sites (tertiary alicyclic amines) is 1. The van der Waals surface area contributed by atoms with Gasteiger partial charge < -0.3 is 10.2 Å². The minimum atomic E-state index is -2.82. The third-order valence-electron chi connectivity index (χ3n) is 5.51. The molecule has 3 atom stereocenters. The second-order valence-electron chi connectivity index (χ2n) is 7.31. The van der Waals surface area contributed by atoms with Crippen molar-refractivity contribution < 1.29 is 8.42 Å². The van der Waals surface area contributed by atoms with Gasteiger partial charge in [-0.25, -0.2) is 8.42 Å². The summed E-state index contributed by atoms with van der Waals surface area (Å²) >= 11 is 0. The average Bonchev–Trinajstić information content (AvgIpc) is 3.10. The third-order valence-corrected chi connectivity index (χ3v) is 7.34. The van der Waals surface area contributed by atoms with Crippen molar-refractivity contribution in [3.05, 3.63) is 12.7 Å². The molecule has 0 aromatic rings. The summed E-state index contributed by atoms with van der Waals surface area (Å²) in [4.78, 5) is 7.15. The van der Waals surface area contributed by atoms with Gasteiger partial charge in [-0.2, -0.15) is 0 Å². The summed E-state index contributed by atoms with van der Waals surface area (Å²) in [6, 6.07) is 0. The van der Waals surface area contributed by atoms with Crippen molar-refractivity contribution in [2.45, 2.75) is 32.1 Å². The van der Waals surface area contributed by atoms with Crippen molar-refractivity contribution in [1.29, 1.82) is 0 Å². The predicted octanol–water partition coefficient (Wildman–Crippen LogP) is 1.67. The highest BCUT2D eigenvalue weighted by Crippen LogP contribution is 2.36. The van der Waals surface area contributed by atoms with E-state index < -0.39 is 9.84 Å². The zero-order chi connectivity index (χ0) is 16.3. The Morgan fingerprint density at radius 2 is 1.91 bits per heavy atom. The molecule has 0 radical (unpaired) electrons. The summed E-state index contributed by atoms with van der Waals surface area (Å²) in [5.74, 6) is 3.39. The fourth-order valence-corrected chi connectivity index (χ4v) is 6.09. The van der Waals surface area contributed by atoms with Crippen LogP contribution in [-0.2, 0) is 9.84 Å². The quantitative estimate of drug-likeness (QED) is 0.481. The van der Waals surface area contributed by atoms with Crippen LogP contribution < -0.4 is 5.32 Å². The molecule has 0 bridgehead atoms. The molecule has 0 amide bonds. The van der Waals surface area contributed by atoms with Crippen molar-refractivity contribution in [3.8, 4) is 0 Å². The monoisotopic (exact) mass is 339 g/mol. The zero-order valence-corrected chi connectivity index (χ0v) is 14.7. The maximum Gasteiger partial charge on any atom is 0.194 e. The predicted molar refractivity (Wildman–Crippen MR) is 94.3 cm³/mol. The molecule has 3 rings (SSSR count). The first kappa shape index (κ1) is 16.8.